The highest BCUT2D eigenvalue weighted by Crippen LogP contribution is 2.22. The van der Waals surface area contributed by atoms with E-state index in [4.69, 9.17) is 13.6 Å². The van der Waals surface area contributed by atoms with Crippen LogP contribution < -0.4 is 11.1 Å². The maximum atomic E-state index is 10.9. The van der Waals surface area contributed by atoms with Gasteiger partial charge in [-0.3, -0.25) is 0 Å². The van der Waals surface area contributed by atoms with Crippen LogP contribution in [0.5, 0.6) is 0 Å². The van der Waals surface area contributed by atoms with Crippen molar-refractivity contribution in [1.29, 1.82) is 0 Å². The third-order valence-corrected chi connectivity index (χ3v) is 3.37. The molecular formula is C12H23BN2O. The number of nitrogens with one attached hydrogen (secondary N) is 1. The van der Waals surface area contributed by atoms with E-state index in [1.165, 1.54) is 38.5 Å². The first-order valence-corrected chi connectivity index (χ1v) is 6.49. The molecular weight excluding hydrogens is 199 g/mol. The molecule has 4 heteroatoms. The zero-order valence-electron chi connectivity index (χ0n) is 10.1. The Kier molecular flexibility index (Phi) is 5.71. The molecule has 1 aliphatic rings. The minimum atomic E-state index is -0.573. The summed E-state index contributed by atoms with van der Waals surface area (Å²) in [5.74, 6) is 0. The molecule has 0 saturated heterocycles. The molecule has 1 fully saturated rings. The van der Waals surface area contributed by atoms with E-state index in [-0.39, 0.29) is 0 Å². The lowest BCUT2D eigenvalue weighted by atomic mass is 9.70. The highest BCUT2D eigenvalue weighted by Gasteiger charge is 2.23. The van der Waals surface area contributed by atoms with Crippen LogP contribution in [0.4, 0.5) is 4.79 Å². The number of carbonyl (C=O) groups excluding carboxylic acids is 1. The van der Waals surface area contributed by atoms with Gasteiger partial charge in [-0.15, -0.1) is 0 Å². The molecule has 0 aromatic rings. The second-order valence-corrected chi connectivity index (χ2v) is 4.97. The minimum absolute atomic E-state index is 0.502. The maximum absolute atomic E-state index is 10.9. The zero-order chi connectivity index (χ0) is 11.9. The van der Waals surface area contributed by atoms with Crippen molar-refractivity contribution in [3.05, 3.63) is 0 Å². The maximum Gasteiger partial charge on any atom is 0.311 e. The highest BCUT2D eigenvalue weighted by atomic mass is 16.2. The van der Waals surface area contributed by atoms with E-state index in [2.05, 4.69) is 5.32 Å². The van der Waals surface area contributed by atoms with Gasteiger partial charge in [0.1, 0.15) is 7.85 Å². The van der Waals surface area contributed by atoms with Crippen LogP contribution in [0.15, 0.2) is 0 Å². The lowest BCUT2D eigenvalue weighted by Gasteiger charge is -2.31. The molecule has 16 heavy (non-hydrogen) atoms. The Morgan fingerprint density at radius 3 is 1.69 bits per heavy atom. The van der Waals surface area contributed by atoms with Gasteiger partial charge < -0.3 is 11.1 Å². The largest absolute Gasteiger partial charge is 0.352 e. The number of hydrogen-bond acceptors (Lipinski definition) is 1. The lowest BCUT2D eigenvalue weighted by molar-refractivity contribution is 0.239. The van der Waals surface area contributed by atoms with Crippen molar-refractivity contribution in [2.75, 3.05) is 0 Å². The van der Waals surface area contributed by atoms with Gasteiger partial charge in [0.15, 0.2) is 0 Å². The van der Waals surface area contributed by atoms with Crippen LogP contribution in [-0.4, -0.2) is 19.3 Å². The van der Waals surface area contributed by atoms with Crippen molar-refractivity contribution in [3.63, 3.8) is 0 Å². The van der Waals surface area contributed by atoms with E-state index < -0.39 is 11.5 Å². The molecule has 0 bridgehead atoms. The Balaban J connectivity index is 2.46. The third kappa shape index (κ3) is 5.43. The van der Waals surface area contributed by atoms with Gasteiger partial charge >= 0.3 is 6.03 Å². The molecule has 0 aromatic heterocycles. The Hall–Kier alpha value is -0.665. The van der Waals surface area contributed by atoms with E-state index in [1.807, 2.05) is 0 Å². The van der Waals surface area contributed by atoms with E-state index in [9.17, 15) is 4.79 Å². The van der Waals surface area contributed by atoms with Crippen molar-refractivity contribution >= 4 is 13.9 Å². The number of hydrogen-bond donors (Lipinski definition) is 2. The third-order valence-electron chi connectivity index (χ3n) is 3.37. The monoisotopic (exact) mass is 222 g/mol. The molecule has 1 rings (SSSR count). The standard InChI is InChI=1S/C12H23BN2O/c13-12(15-11(14)16)9-7-5-3-1-2-4-6-8-10-12/h1-10H2,(H3,14,15,16). The fourth-order valence-electron chi connectivity index (χ4n) is 2.44. The van der Waals surface area contributed by atoms with Gasteiger partial charge in [-0.05, 0) is 12.8 Å². The number of rotatable bonds is 1. The van der Waals surface area contributed by atoms with E-state index in [1.54, 1.807) is 0 Å². The summed E-state index contributed by atoms with van der Waals surface area (Å²) >= 11 is 0. The van der Waals surface area contributed by atoms with Gasteiger partial charge in [-0.2, -0.15) is 0 Å². The van der Waals surface area contributed by atoms with E-state index >= 15 is 0 Å². The smallest absolute Gasteiger partial charge is 0.311 e. The van der Waals surface area contributed by atoms with Crippen LogP contribution in [0.25, 0.3) is 0 Å². The number of urea groups is 1. The molecule has 0 atom stereocenters. The zero-order valence-corrected chi connectivity index (χ0v) is 10.1. The van der Waals surface area contributed by atoms with E-state index in [0.29, 0.717) is 0 Å². The molecule has 90 valence electrons. The topological polar surface area (TPSA) is 55.1 Å². The summed E-state index contributed by atoms with van der Waals surface area (Å²) in [5.41, 5.74) is 4.60. The molecule has 0 spiro atoms. The van der Waals surface area contributed by atoms with Crippen LogP contribution in [0.3, 0.4) is 0 Å². The van der Waals surface area contributed by atoms with Crippen molar-refractivity contribution in [2.24, 2.45) is 5.73 Å². The Morgan fingerprint density at radius 2 is 1.31 bits per heavy atom. The van der Waals surface area contributed by atoms with Crippen LogP contribution in [0, 0.1) is 0 Å². The second kappa shape index (κ2) is 6.82. The summed E-state index contributed by atoms with van der Waals surface area (Å²) in [6.45, 7) is 0. The fourth-order valence-corrected chi connectivity index (χ4v) is 2.44. The van der Waals surface area contributed by atoms with Crippen LogP contribution in [-0.2, 0) is 0 Å². The number of primary amides is 1. The molecule has 0 unspecified atom stereocenters. The Morgan fingerprint density at radius 1 is 0.938 bits per heavy atom. The molecule has 2 amide bonds. The molecule has 3 nitrogen and oxygen atoms in total. The normalized spacial score (nSPS) is 23.0. The van der Waals surface area contributed by atoms with Crippen LogP contribution >= 0.6 is 0 Å². The number of amides is 2. The highest BCUT2D eigenvalue weighted by molar-refractivity contribution is 6.16. The van der Waals surface area contributed by atoms with Crippen molar-refractivity contribution in [3.8, 4) is 0 Å². The van der Waals surface area contributed by atoms with Crippen molar-refractivity contribution < 1.29 is 4.79 Å². The molecule has 1 saturated carbocycles. The summed E-state index contributed by atoms with van der Waals surface area (Å²) in [5, 5.41) is 2.71. The summed E-state index contributed by atoms with van der Waals surface area (Å²) < 4.78 is 0. The molecule has 0 heterocycles. The minimum Gasteiger partial charge on any atom is -0.352 e. The van der Waals surface area contributed by atoms with Crippen LogP contribution in [0.2, 0.25) is 0 Å². The van der Waals surface area contributed by atoms with Gasteiger partial charge in [0.2, 0.25) is 0 Å². The first-order chi connectivity index (χ1) is 7.62. The average Bonchev–Trinajstić information content (AvgIpc) is 2.23. The van der Waals surface area contributed by atoms with Crippen molar-refractivity contribution in [2.45, 2.75) is 69.6 Å². The summed E-state index contributed by atoms with van der Waals surface area (Å²) in [6, 6.07) is -0.502. The van der Waals surface area contributed by atoms with Crippen molar-refractivity contribution in [1.82, 2.24) is 5.32 Å². The quantitative estimate of drug-likeness (QED) is 0.657. The van der Waals surface area contributed by atoms with Gasteiger partial charge in [0.05, 0.1) is 0 Å². The van der Waals surface area contributed by atoms with E-state index in [0.717, 1.165) is 25.7 Å². The van der Waals surface area contributed by atoms with Gasteiger partial charge in [-0.1, -0.05) is 51.4 Å². The summed E-state index contributed by atoms with van der Waals surface area (Å²) in [4.78, 5) is 10.9. The van der Waals surface area contributed by atoms with Gasteiger partial charge in [0.25, 0.3) is 0 Å². The SMILES string of the molecule is [B]C1(NC(N)=O)CCCCCCCCCC1. The number of carbonyl (C=O) groups is 1. The Bertz CT molecular complexity index is 209. The first-order valence-electron chi connectivity index (χ1n) is 6.49. The molecule has 0 aromatic carbocycles. The van der Waals surface area contributed by atoms with Crippen LogP contribution in [0.1, 0.15) is 64.2 Å². The molecule has 2 radical (unpaired) electrons. The molecule has 3 N–H and O–H groups in total. The average molecular weight is 222 g/mol. The van der Waals surface area contributed by atoms with Gasteiger partial charge in [0, 0.05) is 5.44 Å². The first kappa shape index (κ1) is 13.4. The Labute approximate surface area is 100.0 Å². The summed E-state index contributed by atoms with van der Waals surface area (Å²) in [7, 11) is 6.19. The number of nitrogens with two attached hydrogens (primary N) is 1. The molecule has 1 aliphatic carbocycles. The van der Waals surface area contributed by atoms with Gasteiger partial charge in [-0.25, -0.2) is 4.79 Å². The predicted molar refractivity (Wildman–Crippen MR) is 67.4 cm³/mol. The fraction of sp³-hybridized carbons (Fsp3) is 0.917. The molecule has 0 aliphatic heterocycles. The lowest BCUT2D eigenvalue weighted by Crippen LogP contribution is -2.51. The second-order valence-electron chi connectivity index (χ2n) is 4.97. The predicted octanol–water partition coefficient (Wildman–Crippen LogP) is 2.43. The summed E-state index contributed by atoms with van der Waals surface area (Å²) in [6.07, 6.45) is 11.5.